The molecule has 16 heavy (non-hydrogen) atoms. The highest BCUT2D eigenvalue weighted by Gasteiger charge is 2.12. The molecule has 5 heteroatoms. The van der Waals surface area contributed by atoms with E-state index in [4.69, 9.17) is 0 Å². The number of pyridine rings is 1. The van der Waals surface area contributed by atoms with Crippen LogP contribution in [0, 0.1) is 11.9 Å². The van der Waals surface area contributed by atoms with Gasteiger partial charge in [-0.2, -0.15) is 4.39 Å². The maximum absolute atomic E-state index is 12.7. The van der Waals surface area contributed by atoms with Crippen molar-refractivity contribution in [2.75, 3.05) is 6.54 Å². The maximum atomic E-state index is 12.7. The molecule has 2 N–H and O–H groups in total. The molecule has 1 heterocycles. The van der Waals surface area contributed by atoms with Crippen molar-refractivity contribution in [1.29, 1.82) is 0 Å². The van der Waals surface area contributed by atoms with Crippen molar-refractivity contribution >= 4 is 5.91 Å². The second-order valence-corrected chi connectivity index (χ2v) is 3.87. The Bertz CT molecular complexity index is 369. The van der Waals surface area contributed by atoms with Crippen molar-refractivity contribution < 1.29 is 14.3 Å². The fourth-order valence-electron chi connectivity index (χ4n) is 1.06. The topological polar surface area (TPSA) is 62.2 Å². The smallest absolute Gasteiger partial charge is 0.270 e. The number of hydrogen-bond donors (Lipinski definition) is 2. The molecule has 0 aromatic carbocycles. The third-order valence-corrected chi connectivity index (χ3v) is 2.19. The van der Waals surface area contributed by atoms with Gasteiger partial charge in [0.25, 0.3) is 5.91 Å². The van der Waals surface area contributed by atoms with Gasteiger partial charge in [0.15, 0.2) is 0 Å². The predicted octanol–water partition coefficient (Wildman–Crippen LogP) is 0.967. The lowest BCUT2D eigenvalue weighted by Gasteiger charge is -2.14. The van der Waals surface area contributed by atoms with E-state index in [1.807, 2.05) is 13.8 Å². The van der Waals surface area contributed by atoms with Crippen LogP contribution in [-0.2, 0) is 0 Å². The summed E-state index contributed by atoms with van der Waals surface area (Å²) in [6.07, 6.45) is -0.613. The highest BCUT2D eigenvalue weighted by Crippen LogP contribution is 2.01. The lowest BCUT2D eigenvalue weighted by atomic mass is 10.1. The standard InChI is InChI=1S/C11H15FN2O2/c1-7(2)9(15)6-13-11(16)8-4-3-5-10(12)14-8/h3-5,7,9,15H,6H2,1-2H3,(H,13,16). The lowest BCUT2D eigenvalue weighted by molar-refractivity contribution is 0.0866. The molecule has 0 spiro atoms. The van der Waals surface area contributed by atoms with Crippen LogP contribution in [0.4, 0.5) is 4.39 Å². The number of hydrogen-bond acceptors (Lipinski definition) is 3. The molecular weight excluding hydrogens is 211 g/mol. The summed E-state index contributed by atoms with van der Waals surface area (Å²) in [4.78, 5) is 14.9. The van der Waals surface area contributed by atoms with Crippen LogP contribution in [0.1, 0.15) is 24.3 Å². The van der Waals surface area contributed by atoms with Crippen LogP contribution in [0.25, 0.3) is 0 Å². The zero-order chi connectivity index (χ0) is 12.1. The summed E-state index contributed by atoms with van der Waals surface area (Å²) >= 11 is 0. The normalized spacial score (nSPS) is 12.6. The van der Waals surface area contributed by atoms with E-state index in [1.54, 1.807) is 0 Å². The van der Waals surface area contributed by atoms with Crippen LogP contribution in [0.15, 0.2) is 18.2 Å². The van der Waals surface area contributed by atoms with Crippen molar-refractivity contribution in [2.24, 2.45) is 5.92 Å². The predicted molar refractivity (Wildman–Crippen MR) is 57.4 cm³/mol. The molecule has 0 aliphatic heterocycles. The minimum Gasteiger partial charge on any atom is -0.391 e. The molecule has 1 aromatic heterocycles. The molecule has 0 bridgehead atoms. The van der Waals surface area contributed by atoms with E-state index in [0.717, 1.165) is 0 Å². The molecule has 4 nitrogen and oxygen atoms in total. The first-order valence-corrected chi connectivity index (χ1v) is 5.09. The van der Waals surface area contributed by atoms with Gasteiger partial charge in [0, 0.05) is 6.54 Å². The van der Waals surface area contributed by atoms with Gasteiger partial charge in [-0.3, -0.25) is 4.79 Å². The monoisotopic (exact) mass is 226 g/mol. The summed E-state index contributed by atoms with van der Waals surface area (Å²) < 4.78 is 12.7. The van der Waals surface area contributed by atoms with E-state index in [9.17, 15) is 14.3 Å². The molecule has 1 aromatic rings. The molecule has 1 atom stereocenters. The zero-order valence-electron chi connectivity index (χ0n) is 9.27. The van der Waals surface area contributed by atoms with Crippen LogP contribution in [0.2, 0.25) is 0 Å². The first kappa shape index (κ1) is 12.6. The summed E-state index contributed by atoms with van der Waals surface area (Å²) in [5.41, 5.74) is 0.0101. The average molecular weight is 226 g/mol. The maximum Gasteiger partial charge on any atom is 0.270 e. The largest absolute Gasteiger partial charge is 0.391 e. The third-order valence-electron chi connectivity index (χ3n) is 2.19. The van der Waals surface area contributed by atoms with Gasteiger partial charge in [0.05, 0.1) is 6.10 Å². The SMILES string of the molecule is CC(C)C(O)CNC(=O)c1cccc(F)n1. The van der Waals surface area contributed by atoms with Crippen LogP contribution < -0.4 is 5.32 Å². The Hall–Kier alpha value is -1.49. The summed E-state index contributed by atoms with van der Waals surface area (Å²) in [6, 6.07) is 4.00. The second-order valence-electron chi connectivity index (χ2n) is 3.87. The fraction of sp³-hybridized carbons (Fsp3) is 0.455. The van der Waals surface area contributed by atoms with E-state index < -0.39 is 18.0 Å². The van der Waals surface area contributed by atoms with Crippen LogP contribution >= 0.6 is 0 Å². The van der Waals surface area contributed by atoms with Gasteiger partial charge >= 0.3 is 0 Å². The Morgan fingerprint density at radius 3 is 2.81 bits per heavy atom. The van der Waals surface area contributed by atoms with E-state index in [0.29, 0.717) is 0 Å². The van der Waals surface area contributed by atoms with Gasteiger partial charge in [-0.15, -0.1) is 0 Å². The van der Waals surface area contributed by atoms with E-state index in [2.05, 4.69) is 10.3 Å². The van der Waals surface area contributed by atoms with Gasteiger partial charge in [0.2, 0.25) is 5.95 Å². The number of aromatic nitrogens is 1. The molecule has 0 aliphatic rings. The Balaban J connectivity index is 2.53. The summed E-state index contributed by atoms with van der Waals surface area (Å²) in [7, 11) is 0. The number of nitrogens with zero attached hydrogens (tertiary/aromatic N) is 1. The van der Waals surface area contributed by atoms with Gasteiger partial charge in [-0.25, -0.2) is 4.98 Å². The van der Waals surface area contributed by atoms with Crippen LogP contribution in [0.3, 0.4) is 0 Å². The number of aliphatic hydroxyl groups excluding tert-OH is 1. The Kier molecular flexibility index (Phi) is 4.37. The number of rotatable bonds is 4. The number of amides is 1. The molecule has 0 fully saturated rings. The van der Waals surface area contributed by atoms with Gasteiger partial charge < -0.3 is 10.4 Å². The Morgan fingerprint density at radius 1 is 1.56 bits per heavy atom. The lowest BCUT2D eigenvalue weighted by Crippen LogP contribution is -2.35. The van der Waals surface area contributed by atoms with Crippen molar-refractivity contribution in [1.82, 2.24) is 10.3 Å². The highest BCUT2D eigenvalue weighted by atomic mass is 19.1. The summed E-state index contributed by atoms with van der Waals surface area (Å²) in [5, 5.41) is 12.0. The van der Waals surface area contributed by atoms with Crippen LogP contribution in [0.5, 0.6) is 0 Å². The first-order valence-electron chi connectivity index (χ1n) is 5.09. The second kappa shape index (κ2) is 5.55. The number of carbonyl (C=O) groups excluding carboxylic acids is 1. The average Bonchev–Trinajstić information content (AvgIpc) is 2.25. The summed E-state index contributed by atoms with van der Waals surface area (Å²) in [5.74, 6) is -1.13. The molecule has 0 aliphatic carbocycles. The van der Waals surface area contributed by atoms with Gasteiger partial charge in [-0.1, -0.05) is 19.9 Å². The van der Waals surface area contributed by atoms with Crippen LogP contribution in [-0.4, -0.2) is 28.6 Å². The molecule has 0 saturated carbocycles. The Morgan fingerprint density at radius 2 is 2.25 bits per heavy atom. The van der Waals surface area contributed by atoms with Crippen molar-refractivity contribution in [3.05, 3.63) is 29.8 Å². The molecule has 0 saturated heterocycles. The minimum absolute atomic E-state index is 0.0101. The number of nitrogens with one attached hydrogen (secondary N) is 1. The van der Waals surface area contributed by atoms with Crippen molar-refractivity contribution in [3.63, 3.8) is 0 Å². The molecule has 1 unspecified atom stereocenters. The highest BCUT2D eigenvalue weighted by molar-refractivity contribution is 5.92. The van der Waals surface area contributed by atoms with E-state index in [1.165, 1.54) is 18.2 Å². The molecular formula is C11H15FN2O2. The number of halogens is 1. The van der Waals surface area contributed by atoms with Crippen molar-refractivity contribution in [2.45, 2.75) is 20.0 Å². The molecule has 88 valence electrons. The van der Waals surface area contributed by atoms with Crippen molar-refractivity contribution in [3.8, 4) is 0 Å². The van der Waals surface area contributed by atoms with E-state index in [-0.39, 0.29) is 18.2 Å². The van der Waals surface area contributed by atoms with Gasteiger partial charge in [0.1, 0.15) is 5.69 Å². The molecule has 1 rings (SSSR count). The number of carbonyl (C=O) groups is 1. The Labute approximate surface area is 93.5 Å². The van der Waals surface area contributed by atoms with E-state index >= 15 is 0 Å². The minimum atomic E-state index is -0.697. The number of aliphatic hydroxyl groups is 1. The first-order chi connectivity index (χ1) is 7.50. The fourth-order valence-corrected chi connectivity index (χ4v) is 1.06. The molecule has 1 amide bonds. The summed E-state index contributed by atoms with van der Waals surface area (Å²) in [6.45, 7) is 3.82. The molecule has 0 radical (unpaired) electrons. The third kappa shape index (κ3) is 3.58. The quantitative estimate of drug-likeness (QED) is 0.752. The van der Waals surface area contributed by atoms with Gasteiger partial charge in [-0.05, 0) is 18.1 Å². The zero-order valence-corrected chi connectivity index (χ0v) is 9.27.